The predicted molar refractivity (Wildman–Crippen MR) is 42.8 cm³/mol. The molecule has 1 aromatic rings. The van der Waals surface area contributed by atoms with Gasteiger partial charge >= 0.3 is 0 Å². The maximum atomic E-state index is 9.27. The highest BCUT2D eigenvalue weighted by Crippen LogP contribution is 2.23. The number of hydrogen-bond acceptors (Lipinski definition) is 2. The highest BCUT2D eigenvalue weighted by Gasteiger charge is 2.21. The van der Waals surface area contributed by atoms with Gasteiger partial charge in [0.15, 0.2) is 0 Å². The molecule has 0 aliphatic rings. The third-order valence-electron chi connectivity index (χ3n) is 1.64. The van der Waals surface area contributed by atoms with Crippen molar-refractivity contribution in [1.82, 2.24) is 9.94 Å². The van der Waals surface area contributed by atoms with E-state index in [-0.39, 0.29) is 5.41 Å². The minimum absolute atomic E-state index is 0.0463. The molecule has 0 fully saturated rings. The van der Waals surface area contributed by atoms with Crippen molar-refractivity contribution in [3.05, 3.63) is 17.5 Å². The van der Waals surface area contributed by atoms with Crippen LogP contribution in [0.25, 0.3) is 0 Å². The van der Waals surface area contributed by atoms with Gasteiger partial charge in [-0.05, 0) is 12.5 Å². The molecule has 0 aliphatic heterocycles. The van der Waals surface area contributed by atoms with Gasteiger partial charge < -0.3 is 5.21 Å². The van der Waals surface area contributed by atoms with Crippen molar-refractivity contribution in [2.24, 2.45) is 0 Å². The summed E-state index contributed by atoms with van der Waals surface area (Å²) >= 11 is 0. The molecular weight excluding hydrogens is 140 g/mol. The second-order valence-corrected chi connectivity index (χ2v) is 3.82. The zero-order chi connectivity index (χ0) is 8.65. The Balaban J connectivity index is 3.21. The molecule has 62 valence electrons. The molecule has 0 saturated heterocycles. The van der Waals surface area contributed by atoms with E-state index in [1.54, 1.807) is 6.20 Å². The van der Waals surface area contributed by atoms with Gasteiger partial charge in [-0.25, -0.2) is 0 Å². The van der Waals surface area contributed by atoms with Crippen LogP contribution in [0.15, 0.2) is 6.20 Å². The van der Waals surface area contributed by atoms with Crippen LogP contribution in [0.4, 0.5) is 0 Å². The molecule has 0 atom stereocenters. The first kappa shape index (κ1) is 8.11. The van der Waals surface area contributed by atoms with Crippen molar-refractivity contribution in [3.8, 4) is 0 Å². The van der Waals surface area contributed by atoms with E-state index in [0.29, 0.717) is 0 Å². The Morgan fingerprint density at radius 1 is 1.45 bits per heavy atom. The van der Waals surface area contributed by atoms with E-state index in [0.717, 1.165) is 16.1 Å². The predicted octanol–water partition coefficient (Wildman–Crippen LogP) is 1.73. The van der Waals surface area contributed by atoms with E-state index in [9.17, 15) is 5.21 Å². The highest BCUT2D eigenvalue weighted by molar-refractivity contribution is 5.22. The van der Waals surface area contributed by atoms with E-state index in [2.05, 4.69) is 5.10 Å². The van der Waals surface area contributed by atoms with Crippen LogP contribution in [0.2, 0.25) is 0 Å². The van der Waals surface area contributed by atoms with Crippen molar-refractivity contribution in [2.75, 3.05) is 0 Å². The van der Waals surface area contributed by atoms with Crippen LogP contribution in [-0.2, 0) is 5.41 Å². The third-order valence-corrected chi connectivity index (χ3v) is 1.64. The van der Waals surface area contributed by atoms with E-state index in [4.69, 9.17) is 0 Å². The van der Waals surface area contributed by atoms with Gasteiger partial charge in [0.2, 0.25) is 0 Å². The van der Waals surface area contributed by atoms with E-state index in [1.807, 2.05) is 27.7 Å². The maximum absolute atomic E-state index is 9.27. The molecule has 0 saturated carbocycles. The first-order valence-corrected chi connectivity index (χ1v) is 3.67. The molecule has 0 aliphatic carbocycles. The standard InChI is InChI=1S/C8H14N2O/c1-6-5-9-10(11)7(6)8(2,3)4/h5,11H,1-4H3. The Labute approximate surface area is 66.6 Å². The second-order valence-electron chi connectivity index (χ2n) is 3.82. The maximum Gasteiger partial charge on any atom is 0.0880 e. The minimum atomic E-state index is -0.0463. The summed E-state index contributed by atoms with van der Waals surface area (Å²) in [4.78, 5) is 0.954. The van der Waals surface area contributed by atoms with Crippen LogP contribution in [0.1, 0.15) is 32.0 Å². The van der Waals surface area contributed by atoms with Crippen LogP contribution in [-0.4, -0.2) is 15.2 Å². The average Bonchev–Trinajstić information content (AvgIpc) is 2.08. The topological polar surface area (TPSA) is 38.0 Å². The zero-order valence-electron chi connectivity index (χ0n) is 7.42. The van der Waals surface area contributed by atoms with E-state index in [1.165, 1.54) is 0 Å². The van der Waals surface area contributed by atoms with Crippen molar-refractivity contribution in [3.63, 3.8) is 0 Å². The molecule has 0 radical (unpaired) electrons. The number of rotatable bonds is 0. The molecular formula is C8H14N2O. The molecule has 0 bridgehead atoms. The molecule has 3 nitrogen and oxygen atoms in total. The van der Waals surface area contributed by atoms with E-state index < -0.39 is 0 Å². The summed E-state index contributed by atoms with van der Waals surface area (Å²) in [5.74, 6) is 0. The minimum Gasteiger partial charge on any atom is -0.411 e. The lowest BCUT2D eigenvalue weighted by molar-refractivity contribution is 0.130. The Bertz CT molecular complexity index is 238. The van der Waals surface area contributed by atoms with Crippen LogP contribution in [0.3, 0.4) is 0 Å². The molecule has 1 heterocycles. The van der Waals surface area contributed by atoms with Gasteiger partial charge in [-0.15, -0.1) is 9.94 Å². The first-order chi connectivity index (χ1) is 4.93. The normalized spacial score (nSPS) is 12.0. The number of hydrogen-bond donors (Lipinski definition) is 1. The molecule has 11 heavy (non-hydrogen) atoms. The van der Waals surface area contributed by atoms with E-state index >= 15 is 0 Å². The zero-order valence-corrected chi connectivity index (χ0v) is 7.42. The van der Waals surface area contributed by atoms with Crippen LogP contribution in [0.5, 0.6) is 0 Å². The van der Waals surface area contributed by atoms with Gasteiger partial charge in [0.05, 0.1) is 11.9 Å². The summed E-state index contributed by atoms with van der Waals surface area (Å²) in [6, 6.07) is 0. The fourth-order valence-corrected chi connectivity index (χ4v) is 1.31. The SMILES string of the molecule is Cc1cnn(O)c1C(C)(C)C. The summed E-state index contributed by atoms with van der Waals surface area (Å²) in [5, 5.41) is 13.0. The molecule has 0 unspecified atom stereocenters. The quantitative estimate of drug-likeness (QED) is 0.578. The number of aryl methyl sites for hydroxylation is 1. The van der Waals surface area contributed by atoms with Crippen molar-refractivity contribution in [2.45, 2.75) is 33.1 Å². The number of aromatic nitrogens is 2. The summed E-state index contributed by atoms with van der Waals surface area (Å²) in [6.07, 6.45) is 1.67. The fraction of sp³-hybridized carbons (Fsp3) is 0.625. The molecule has 0 spiro atoms. The van der Waals surface area contributed by atoms with Gasteiger partial charge in [-0.2, -0.15) is 0 Å². The molecule has 3 heteroatoms. The smallest absolute Gasteiger partial charge is 0.0880 e. The molecule has 0 aromatic carbocycles. The third kappa shape index (κ3) is 1.37. The Hall–Kier alpha value is -0.990. The van der Waals surface area contributed by atoms with Crippen LogP contribution in [0, 0.1) is 6.92 Å². The summed E-state index contributed by atoms with van der Waals surface area (Å²) in [7, 11) is 0. The molecule has 0 amide bonds. The Kier molecular flexibility index (Phi) is 1.66. The molecule has 1 rings (SSSR count). The lowest BCUT2D eigenvalue weighted by atomic mass is 9.90. The lowest BCUT2D eigenvalue weighted by Gasteiger charge is -2.18. The Morgan fingerprint density at radius 3 is 2.18 bits per heavy atom. The van der Waals surface area contributed by atoms with Gasteiger partial charge in [-0.1, -0.05) is 20.8 Å². The molecule has 1 aromatic heterocycles. The second kappa shape index (κ2) is 2.26. The van der Waals surface area contributed by atoms with Crippen LogP contribution >= 0.6 is 0 Å². The number of nitrogens with zero attached hydrogens (tertiary/aromatic N) is 2. The van der Waals surface area contributed by atoms with Gasteiger partial charge in [0.1, 0.15) is 0 Å². The van der Waals surface area contributed by atoms with Crippen LogP contribution < -0.4 is 0 Å². The summed E-state index contributed by atoms with van der Waals surface area (Å²) in [5.41, 5.74) is 1.85. The lowest BCUT2D eigenvalue weighted by Crippen LogP contribution is -2.18. The molecule has 1 N–H and O–H groups in total. The van der Waals surface area contributed by atoms with Gasteiger partial charge in [0, 0.05) is 5.41 Å². The highest BCUT2D eigenvalue weighted by atomic mass is 16.5. The summed E-state index contributed by atoms with van der Waals surface area (Å²) in [6.45, 7) is 8.08. The first-order valence-electron chi connectivity index (χ1n) is 3.67. The average molecular weight is 154 g/mol. The monoisotopic (exact) mass is 154 g/mol. The van der Waals surface area contributed by atoms with Gasteiger partial charge in [0.25, 0.3) is 0 Å². The fourth-order valence-electron chi connectivity index (χ4n) is 1.31. The van der Waals surface area contributed by atoms with Crippen molar-refractivity contribution in [1.29, 1.82) is 0 Å². The van der Waals surface area contributed by atoms with Crippen molar-refractivity contribution >= 4 is 0 Å². The van der Waals surface area contributed by atoms with Crippen molar-refractivity contribution < 1.29 is 5.21 Å². The Morgan fingerprint density at radius 2 is 2.00 bits per heavy atom. The summed E-state index contributed by atoms with van der Waals surface area (Å²) < 4.78 is 0. The van der Waals surface area contributed by atoms with Gasteiger partial charge in [-0.3, -0.25) is 0 Å². The largest absolute Gasteiger partial charge is 0.411 e.